The lowest BCUT2D eigenvalue weighted by atomic mass is 10.00. The number of carbonyl (C=O) groups excluding carboxylic acids is 1. The fourth-order valence-electron chi connectivity index (χ4n) is 4.31. The Balaban J connectivity index is 1.49. The molecule has 8 heteroatoms. The van der Waals surface area contributed by atoms with E-state index in [2.05, 4.69) is 34.7 Å². The van der Waals surface area contributed by atoms with E-state index in [4.69, 9.17) is 4.42 Å². The zero-order chi connectivity index (χ0) is 27.2. The lowest BCUT2D eigenvalue weighted by Crippen LogP contribution is -2.48. The van der Waals surface area contributed by atoms with Gasteiger partial charge in [-0.1, -0.05) is 45.0 Å². The highest BCUT2D eigenvalue weighted by molar-refractivity contribution is 5.97. The van der Waals surface area contributed by atoms with E-state index < -0.39 is 29.7 Å². The number of aliphatic hydroxyl groups excluding tert-OH is 1. The van der Waals surface area contributed by atoms with Gasteiger partial charge in [0.1, 0.15) is 17.2 Å². The second-order valence-electron chi connectivity index (χ2n) is 9.82. The lowest BCUT2D eigenvalue weighted by Gasteiger charge is -2.25. The Morgan fingerprint density at radius 1 is 1.00 bits per heavy atom. The standard InChI is InChI=1S/C30H33F2N3O3/c1-4-19-6-5-7-20(10-19)16-33-17-27(36)26(13-21-11-23(31)15-24(32)12-21)34-29(37)22-8-9-25-28(14-22)38-30(35-25)18(2)3/h5-12,14-15,18,26-27,33,36H,4,13,16-17H2,1-3H3,(H,34,37)/t26-,27-/m0/s1. The minimum Gasteiger partial charge on any atom is -0.440 e. The average molecular weight is 522 g/mol. The number of aryl methyl sites for hydroxylation is 1. The van der Waals surface area contributed by atoms with Gasteiger partial charge in [-0.3, -0.25) is 4.79 Å². The molecule has 0 aliphatic rings. The number of hydrogen-bond acceptors (Lipinski definition) is 5. The maximum atomic E-state index is 13.8. The summed E-state index contributed by atoms with van der Waals surface area (Å²) in [5.41, 5.74) is 4.08. The summed E-state index contributed by atoms with van der Waals surface area (Å²) in [7, 11) is 0. The van der Waals surface area contributed by atoms with Crippen molar-refractivity contribution in [1.29, 1.82) is 0 Å². The highest BCUT2D eigenvalue weighted by Crippen LogP contribution is 2.22. The van der Waals surface area contributed by atoms with Gasteiger partial charge in [-0.25, -0.2) is 13.8 Å². The van der Waals surface area contributed by atoms with Crippen molar-refractivity contribution in [3.8, 4) is 0 Å². The molecule has 3 aromatic carbocycles. The van der Waals surface area contributed by atoms with Crippen molar-refractivity contribution in [3.63, 3.8) is 0 Å². The maximum Gasteiger partial charge on any atom is 0.251 e. The van der Waals surface area contributed by atoms with Gasteiger partial charge in [0.05, 0.1) is 12.1 Å². The molecule has 0 bridgehead atoms. The molecule has 1 aromatic heterocycles. The van der Waals surface area contributed by atoms with Crippen LogP contribution in [0.25, 0.3) is 11.1 Å². The van der Waals surface area contributed by atoms with Crippen LogP contribution < -0.4 is 10.6 Å². The van der Waals surface area contributed by atoms with Crippen LogP contribution in [0.2, 0.25) is 0 Å². The normalized spacial score (nSPS) is 13.1. The largest absolute Gasteiger partial charge is 0.440 e. The minimum atomic E-state index is -1.03. The molecule has 38 heavy (non-hydrogen) atoms. The van der Waals surface area contributed by atoms with E-state index in [1.807, 2.05) is 26.0 Å². The van der Waals surface area contributed by atoms with Crippen LogP contribution in [0, 0.1) is 11.6 Å². The molecule has 0 aliphatic carbocycles. The highest BCUT2D eigenvalue weighted by atomic mass is 19.1. The first-order chi connectivity index (χ1) is 18.2. The number of amides is 1. The molecular weight excluding hydrogens is 488 g/mol. The highest BCUT2D eigenvalue weighted by Gasteiger charge is 2.23. The van der Waals surface area contributed by atoms with Gasteiger partial charge in [0.25, 0.3) is 5.91 Å². The summed E-state index contributed by atoms with van der Waals surface area (Å²) in [6, 6.07) is 15.5. The molecular formula is C30H33F2N3O3. The second-order valence-corrected chi connectivity index (χ2v) is 9.82. The van der Waals surface area contributed by atoms with Crippen LogP contribution in [-0.4, -0.2) is 34.7 Å². The molecule has 4 rings (SSSR count). The number of aromatic nitrogens is 1. The Bertz CT molecular complexity index is 1380. The van der Waals surface area contributed by atoms with Crippen LogP contribution in [-0.2, 0) is 19.4 Å². The predicted octanol–water partition coefficient (Wildman–Crippen LogP) is 5.28. The predicted molar refractivity (Wildman–Crippen MR) is 143 cm³/mol. The quantitative estimate of drug-likeness (QED) is 0.250. The van der Waals surface area contributed by atoms with Crippen molar-refractivity contribution in [2.75, 3.05) is 6.54 Å². The van der Waals surface area contributed by atoms with Gasteiger partial charge in [0.15, 0.2) is 11.5 Å². The van der Waals surface area contributed by atoms with E-state index in [1.165, 1.54) is 17.7 Å². The van der Waals surface area contributed by atoms with Crippen LogP contribution in [0.3, 0.4) is 0 Å². The van der Waals surface area contributed by atoms with E-state index >= 15 is 0 Å². The van der Waals surface area contributed by atoms with Gasteiger partial charge >= 0.3 is 0 Å². The maximum absolute atomic E-state index is 13.8. The van der Waals surface area contributed by atoms with Crippen molar-refractivity contribution < 1.29 is 23.1 Å². The fourth-order valence-corrected chi connectivity index (χ4v) is 4.31. The molecule has 4 aromatic rings. The second kappa shape index (κ2) is 12.3. The van der Waals surface area contributed by atoms with Crippen molar-refractivity contribution in [1.82, 2.24) is 15.6 Å². The number of halogens is 2. The molecule has 0 fully saturated rings. The Hall–Kier alpha value is -3.62. The van der Waals surface area contributed by atoms with Crippen LogP contribution in [0.15, 0.2) is 65.1 Å². The van der Waals surface area contributed by atoms with Gasteiger partial charge in [-0.15, -0.1) is 0 Å². The van der Waals surface area contributed by atoms with Crippen LogP contribution in [0.5, 0.6) is 0 Å². The SMILES string of the molecule is CCc1cccc(CNC[C@H](O)[C@H](Cc2cc(F)cc(F)c2)NC(=O)c2ccc3nc(C(C)C)oc3c2)c1. The monoisotopic (exact) mass is 521 g/mol. The van der Waals surface area contributed by atoms with Gasteiger partial charge in [-0.05, 0) is 59.9 Å². The zero-order valence-corrected chi connectivity index (χ0v) is 21.8. The van der Waals surface area contributed by atoms with Crippen molar-refractivity contribution in [2.24, 2.45) is 0 Å². The smallest absolute Gasteiger partial charge is 0.251 e. The van der Waals surface area contributed by atoms with Crippen molar-refractivity contribution in [3.05, 3.63) is 100 Å². The van der Waals surface area contributed by atoms with Gasteiger partial charge in [-0.2, -0.15) is 0 Å². The van der Waals surface area contributed by atoms with Gasteiger partial charge < -0.3 is 20.2 Å². The topological polar surface area (TPSA) is 87.4 Å². The molecule has 1 heterocycles. The number of nitrogens with zero attached hydrogens (tertiary/aromatic N) is 1. The van der Waals surface area contributed by atoms with Crippen LogP contribution in [0.4, 0.5) is 8.78 Å². The first kappa shape index (κ1) is 27.4. The number of rotatable bonds is 11. The van der Waals surface area contributed by atoms with E-state index in [0.717, 1.165) is 18.1 Å². The molecule has 2 atom stereocenters. The Labute approximate surface area is 221 Å². The molecule has 0 radical (unpaired) electrons. The molecule has 1 amide bonds. The minimum absolute atomic E-state index is 0.0383. The number of nitrogens with one attached hydrogen (secondary N) is 2. The summed E-state index contributed by atoms with van der Waals surface area (Å²) in [5, 5.41) is 17.1. The van der Waals surface area contributed by atoms with Crippen LogP contribution in [0.1, 0.15) is 59.6 Å². The van der Waals surface area contributed by atoms with E-state index in [1.54, 1.807) is 18.2 Å². The molecule has 200 valence electrons. The summed E-state index contributed by atoms with van der Waals surface area (Å²) in [6.07, 6.45) is -0.0643. The molecule has 0 aliphatic heterocycles. The number of aliphatic hydroxyl groups is 1. The lowest BCUT2D eigenvalue weighted by molar-refractivity contribution is 0.0830. The number of fused-ring (bicyclic) bond motifs is 1. The van der Waals surface area contributed by atoms with Crippen molar-refractivity contribution >= 4 is 17.0 Å². The number of oxazole rings is 1. The molecule has 0 saturated heterocycles. The van der Waals surface area contributed by atoms with E-state index in [0.29, 0.717) is 34.7 Å². The van der Waals surface area contributed by atoms with E-state index in [9.17, 15) is 18.7 Å². The Kier molecular flexibility index (Phi) is 8.86. The van der Waals surface area contributed by atoms with Crippen molar-refractivity contribution in [2.45, 2.75) is 58.2 Å². The molecule has 0 spiro atoms. The third-order valence-corrected chi connectivity index (χ3v) is 6.40. The average Bonchev–Trinajstić information content (AvgIpc) is 3.32. The molecule has 0 unspecified atom stereocenters. The molecule has 6 nitrogen and oxygen atoms in total. The first-order valence-corrected chi connectivity index (χ1v) is 12.8. The van der Waals surface area contributed by atoms with Crippen LogP contribution >= 0.6 is 0 Å². The third kappa shape index (κ3) is 7.02. The van der Waals surface area contributed by atoms with Gasteiger partial charge in [0.2, 0.25) is 0 Å². The zero-order valence-electron chi connectivity index (χ0n) is 21.8. The Morgan fingerprint density at radius 2 is 1.74 bits per heavy atom. The fraction of sp³-hybridized carbons (Fsp3) is 0.333. The van der Waals surface area contributed by atoms with Gasteiger partial charge in [0, 0.05) is 30.6 Å². The summed E-state index contributed by atoms with van der Waals surface area (Å²) in [6.45, 7) is 6.71. The summed E-state index contributed by atoms with van der Waals surface area (Å²) in [4.78, 5) is 17.6. The summed E-state index contributed by atoms with van der Waals surface area (Å²) in [5.74, 6) is -1.20. The molecule has 0 saturated carbocycles. The number of carbonyl (C=O) groups is 1. The summed E-state index contributed by atoms with van der Waals surface area (Å²) < 4.78 is 33.5. The third-order valence-electron chi connectivity index (χ3n) is 6.40. The number of hydrogen-bond donors (Lipinski definition) is 3. The molecule has 3 N–H and O–H groups in total. The number of benzene rings is 3. The Morgan fingerprint density at radius 3 is 2.45 bits per heavy atom. The van der Waals surface area contributed by atoms with E-state index in [-0.39, 0.29) is 18.9 Å². The first-order valence-electron chi connectivity index (χ1n) is 12.8. The summed E-state index contributed by atoms with van der Waals surface area (Å²) >= 11 is 0.